The van der Waals surface area contributed by atoms with Gasteiger partial charge in [-0.15, -0.1) is 0 Å². The molecule has 4 nitrogen and oxygen atoms in total. The van der Waals surface area contributed by atoms with Crippen molar-refractivity contribution in [1.29, 1.82) is 0 Å². The van der Waals surface area contributed by atoms with Crippen LogP contribution < -0.4 is 5.32 Å². The minimum absolute atomic E-state index is 0.198. The minimum atomic E-state index is -0.198. The topological polar surface area (TPSA) is 55.1 Å². The molecule has 1 N–H and O–H groups in total. The second kappa shape index (κ2) is 7.25. The van der Waals surface area contributed by atoms with Gasteiger partial charge in [-0.25, -0.2) is 4.98 Å². The number of benzene rings is 2. The molecule has 0 spiro atoms. The zero-order chi connectivity index (χ0) is 18.8. The lowest BCUT2D eigenvalue weighted by Gasteiger charge is -2.12. The van der Waals surface area contributed by atoms with Gasteiger partial charge in [-0.3, -0.25) is 4.79 Å². The molecule has 2 heterocycles. The third kappa shape index (κ3) is 3.44. The predicted molar refractivity (Wildman–Crippen MR) is 107 cm³/mol. The quantitative estimate of drug-likeness (QED) is 0.519. The van der Waals surface area contributed by atoms with Gasteiger partial charge >= 0.3 is 0 Å². The van der Waals surface area contributed by atoms with Crippen molar-refractivity contribution >= 4 is 28.4 Å². The summed E-state index contributed by atoms with van der Waals surface area (Å²) in [7, 11) is 0. The molecule has 4 rings (SSSR count). The Morgan fingerprint density at radius 1 is 1.11 bits per heavy atom. The number of hydrogen-bond acceptors (Lipinski definition) is 3. The maximum absolute atomic E-state index is 12.9. The Labute approximate surface area is 161 Å². The Kier molecular flexibility index (Phi) is 4.65. The smallest absolute Gasteiger partial charge is 0.252 e. The fourth-order valence-electron chi connectivity index (χ4n) is 3.08. The fraction of sp³-hybridized carbons (Fsp3) is 0.0909. The van der Waals surface area contributed by atoms with E-state index in [0.717, 1.165) is 22.2 Å². The maximum Gasteiger partial charge on any atom is 0.252 e. The van der Waals surface area contributed by atoms with E-state index in [1.807, 2.05) is 55.5 Å². The number of aromatic nitrogens is 1. The van der Waals surface area contributed by atoms with Crippen molar-refractivity contribution in [3.05, 3.63) is 88.8 Å². The SMILES string of the molecule is Cc1ccccc1-c1cc(C(=O)NCc2ccco2)c2cccc(Cl)c2n1. The van der Waals surface area contributed by atoms with Gasteiger partial charge in [-0.05, 0) is 36.8 Å². The molecule has 134 valence electrons. The summed E-state index contributed by atoms with van der Waals surface area (Å²) in [5.41, 5.74) is 3.92. The summed E-state index contributed by atoms with van der Waals surface area (Å²) < 4.78 is 5.29. The number of furan rings is 1. The molecular weight excluding hydrogens is 360 g/mol. The molecule has 0 fully saturated rings. The lowest BCUT2D eigenvalue weighted by Crippen LogP contribution is -2.23. The molecule has 0 saturated heterocycles. The van der Waals surface area contributed by atoms with Gasteiger partial charge in [0, 0.05) is 10.9 Å². The fourth-order valence-corrected chi connectivity index (χ4v) is 3.29. The molecule has 1 amide bonds. The van der Waals surface area contributed by atoms with Crippen LogP contribution >= 0.6 is 11.6 Å². The van der Waals surface area contributed by atoms with Crippen molar-refractivity contribution in [3.8, 4) is 11.3 Å². The molecule has 0 aliphatic heterocycles. The van der Waals surface area contributed by atoms with Crippen LogP contribution in [0.3, 0.4) is 0 Å². The number of fused-ring (bicyclic) bond motifs is 1. The van der Waals surface area contributed by atoms with Crippen molar-refractivity contribution in [2.75, 3.05) is 0 Å². The molecular formula is C22H17ClN2O2. The van der Waals surface area contributed by atoms with Gasteiger partial charge in [0.25, 0.3) is 5.91 Å². The van der Waals surface area contributed by atoms with Gasteiger partial charge < -0.3 is 9.73 Å². The van der Waals surface area contributed by atoms with Crippen LogP contribution in [0.4, 0.5) is 0 Å². The van der Waals surface area contributed by atoms with E-state index in [2.05, 4.69) is 5.32 Å². The Hall–Kier alpha value is -3.11. The van der Waals surface area contributed by atoms with Crippen molar-refractivity contribution in [3.63, 3.8) is 0 Å². The largest absolute Gasteiger partial charge is 0.467 e. The average Bonchev–Trinajstić information content (AvgIpc) is 3.20. The number of amides is 1. The van der Waals surface area contributed by atoms with Gasteiger partial charge in [-0.2, -0.15) is 0 Å². The monoisotopic (exact) mass is 376 g/mol. The van der Waals surface area contributed by atoms with Crippen molar-refractivity contribution in [2.45, 2.75) is 13.5 Å². The summed E-state index contributed by atoms with van der Waals surface area (Å²) >= 11 is 6.38. The molecule has 2 aromatic heterocycles. The van der Waals surface area contributed by atoms with Gasteiger partial charge in [0.05, 0.1) is 34.6 Å². The molecule has 4 aromatic rings. The highest BCUT2D eigenvalue weighted by Crippen LogP contribution is 2.30. The average molecular weight is 377 g/mol. The van der Waals surface area contributed by atoms with E-state index in [-0.39, 0.29) is 5.91 Å². The normalized spacial score (nSPS) is 10.9. The van der Waals surface area contributed by atoms with Crippen LogP contribution in [-0.2, 0) is 6.54 Å². The Morgan fingerprint density at radius 3 is 2.74 bits per heavy atom. The Bertz CT molecular complexity index is 1120. The second-order valence-corrected chi connectivity index (χ2v) is 6.68. The first-order valence-electron chi connectivity index (χ1n) is 8.59. The van der Waals surface area contributed by atoms with Crippen molar-refractivity contribution < 1.29 is 9.21 Å². The molecule has 0 aliphatic carbocycles. The lowest BCUT2D eigenvalue weighted by molar-refractivity contribution is 0.0949. The molecule has 0 unspecified atom stereocenters. The third-order valence-corrected chi connectivity index (χ3v) is 4.76. The Balaban J connectivity index is 1.81. The summed E-state index contributed by atoms with van der Waals surface area (Å²) in [6, 6.07) is 18.8. The second-order valence-electron chi connectivity index (χ2n) is 6.27. The van der Waals surface area contributed by atoms with E-state index < -0.39 is 0 Å². The number of halogens is 1. The summed E-state index contributed by atoms with van der Waals surface area (Å²) in [5.74, 6) is 0.495. The number of rotatable bonds is 4. The van der Waals surface area contributed by atoms with E-state index in [4.69, 9.17) is 21.0 Å². The van der Waals surface area contributed by atoms with Crippen LogP contribution in [0.2, 0.25) is 5.02 Å². The summed E-state index contributed by atoms with van der Waals surface area (Å²) in [6.07, 6.45) is 1.58. The zero-order valence-corrected chi connectivity index (χ0v) is 15.5. The van der Waals surface area contributed by atoms with Gasteiger partial charge in [0.1, 0.15) is 5.76 Å². The molecule has 0 atom stereocenters. The first kappa shape index (κ1) is 17.3. The number of carbonyl (C=O) groups is 1. The molecule has 27 heavy (non-hydrogen) atoms. The number of aryl methyl sites for hydroxylation is 1. The third-order valence-electron chi connectivity index (χ3n) is 4.46. The summed E-state index contributed by atoms with van der Waals surface area (Å²) in [6.45, 7) is 2.33. The number of nitrogens with one attached hydrogen (secondary N) is 1. The van der Waals surface area contributed by atoms with Crippen LogP contribution in [-0.4, -0.2) is 10.9 Å². The number of pyridine rings is 1. The Morgan fingerprint density at radius 2 is 1.96 bits per heavy atom. The van der Waals surface area contributed by atoms with Gasteiger partial charge in [0.15, 0.2) is 0 Å². The van der Waals surface area contributed by atoms with Crippen molar-refractivity contribution in [1.82, 2.24) is 10.3 Å². The van der Waals surface area contributed by atoms with Crippen LogP contribution in [0.25, 0.3) is 22.2 Å². The number of para-hydroxylation sites is 1. The molecule has 0 aliphatic rings. The highest BCUT2D eigenvalue weighted by Gasteiger charge is 2.16. The summed E-state index contributed by atoms with van der Waals surface area (Å²) in [4.78, 5) is 17.6. The van der Waals surface area contributed by atoms with Gasteiger partial charge in [-0.1, -0.05) is 48.0 Å². The van der Waals surface area contributed by atoms with E-state index in [1.165, 1.54) is 0 Å². The number of hydrogen-bond donors (Lipinski definition) is 1. The number of carbonyl (C=O) groups excluding carboxylic acids is 1. The first-order chi connectivity index (χ1) is 13.1. The van der Waals surface area contributed by atoms with Crippen LogP contribution in [0, 0.1) is 6.92 Å². The predicted octanol–water partition coefficient (Wildman–Crippen LogP) is 5.39. The van der Waals surface area contributed by atoms with Crippen LogP contribution in [0.15, 0.2) is 71.3 Å². The van der Waals surface area contributed by atoms with Crippen LogP contribution in [0.1, 0.15) is 21.7 Å². The van der Waals surface area contributed by atoms with Crippen molar-refractivity contribution in [2.24, 2.45) is 0 Å². The standard InChI is InChI=1S/C22H17ClN2O2/c1-14-6-2-3-8-16(14)20-12-18(17-9-4-10-19(23)21(17)25-20)22(26)24-13-15-7-5-11-27-15/h2-12H,13H2,1H3,(H,24,26). The highest BCUT2D eigenvalue weighted by atomic mass is 35.5. The van der Waals surface area contributed by atoms with Crippen LogP contribution in [0.5, 0.6) is 0 Å². The summed E-state index contributed by atoms with van der Waals surface area (Å²) in [5, 5.41) is 4.14. The highest BCUT2D eigenvalue weighted by molar-refractivity contribution is 6.35. The van der Waals surface area contributed by atoms with Gasteiger partial charge in [0.2, 0.25) is 0 Å². The number of nitrogens with zero attached hydrogens (tertiary/aromatic N) is 1. The van der Waals surface area contributed by atoms with E-state index in [9.17, 15) is 4.79 Å². The van der Waals surface area contributed by atoms with E-state index >= 15 is 0 Å². The maximum atomic E-state index is 12.9. The molecule has 0 bridgehead atoms. The zero-order valence-electron chi connectivity index (χ0n) is 14.7. The molecule has 0 radical (unpaired) electrons. The molecule has 0 saturated carbocycles. The first-order valence-corrected chi connectivity index (χ1v) is 8.97. The molecule has 2 aromatic carbocycles. The van der Waals surface area contributed by atoms with E-state index in [0.29, 0.717) is 28.4 Å². The minimum Gasteiger partial charge on any atom is -0.467 e. The van der Waals surface area contributed by atoms with E-state index in [1.54, 1.807) is 18.4 Å². The lowest BCUT2D eigenvalue weighted by atomic mass is 10.0. The molecule has 5 heteroatoms.